The van der Waals surface area contributed by atoms with Gasteiger partial charge in [-0.25, -0.2) is 0 Å². The van der Waals surface area contributed by atoms with Crippen molar-refractivity contribution in [3.05, 3.63) is 0 Å². The van der Waals surface area contributed by atoms with E-state index in [1.54, 1.807) is 0 Å². The van der Waals surface area contributed by atoms with Crippen LogP contribution in [-0.4, -0.2) is 43.5 Å². The molecule has 3 unspecified atom stereocenters. The summed E-state index contributed by atoms with van der Waals surface area (Å²) in [4.78, 5) is 35.2. The van der Waals surface area contributed by atoms with E-state index in [1.165, 1.54) is 7.11 Å². The van der Waals surface area contributed by atoms with Gasteiger partial charge in [-0.2, -0.15) is 0 Å². The minimum atomic E-state index is -0.725. The minimum absolute atomic E-state index is 0.0271. The third-order valence-electron chi connectivity index (χ3n) is 3.45. The van der Waals surface area contributed by atoms with Crippen LogP contribution < -0.4 is 16.4 Å². The highest BCUT2D eigenvalue weighted by molar-refractivity contribution is 5.91. The maximum absolute atomic E-state index is 12.1. The van der Waals surface area contributed by atoms with Gasteiger partial charge in [0.25, 0.3) is 0 Å². The first-order valence-electron chi connectivity index (χ1n) is 7.15. The number of hydrogen-bond acceptors (Lipinski definition) is 5. The summed E-state index contributed by atoms with van der Waals surface area (Å²) in [5.74, 6) is -1.44. The second kappa shape index (κ2) is 9.33. The molecule has 0 bridgehead atoms. The lowest BCUT2D eigenvalue weighted by Gasteiger charge is -2.25. The molecule has 7 nitrogen and oxygen atoms in total. The average molecular weight is 301 g/mol. The Balaban J connectivity index is 4.76. The van der Waals surface area contributed by atoms with E-state index in [2.05, 4.69) is 15.4 Å². The van der Waals surface area contributed by atoms with E-state index in [0.29, 0.717) is 6.42 Å². The molecule has 0 radical (unpaired) electrons. The van der Waals surface area contributed by atoms with Gasteiger partial charge in [0.05, 0.1) is 13.2 Å². The molecule has 7 heteroatoms. The lowest BCUT2D eigenvalue weighted by Crippen LogP contribution is -2.55. The fourth-order valence-electron chi connectivity index (χ4n) is 1.60. The number of hydrogen-bond donors (Lipinski definition) is 3. The van der Waals surface area contributed by atoms with E-state index in [4.69, 9.17) is 5.73 Å². The molecule has 0 spiro atoms. The molecule has 0 heterocycles. The molecule has 0 fully saturated rings. The molecular formula is C14H27N3O4. The summed E-state index contributed by atoms with van der Waals surface area (Å²) >= 11 is 0. The fourth-order valence-corrected chi connectivity index (χ4v) is 1.60. The third-order valence-corrected chi connectivity index (χ3v) is 3.45. The van der Waals surface area contributed by atoms with Crippen molar-refractivity contribution in [2.75, 3.05) is 13.7 Å². The van der Waals surface area contributed by atoms with Gasteiger partial charge in [-0.3, -0.25) is 14.4 Å². The fraction of sp³-hybridized carbons (Fsp3) is 0.786. The summed E-state index contributed by atoms with van der Waals surface area (Å²) in [6.45, 7) is 7.21. The van der Waals surface area contributed by atoms with E-state index >= 15 is 0 Å². The number of carbonyl (C=O) groups is 3. The van der Waals surface area contributed by atoms with Crippen molar-refractivity contribution in [3.63, 3.8) is 0 Å². The maximum Gasteiger partial charge on any atom is 0.325 e. The van der Waals surface area contributed by atoms with Crippen LogP contribution in [0.3, 0.4) is 0 Å². The van der Waals surface area contributed by atoms with Gasteiger partial charge in [0.1, 0.15) is 12.6 Å². The van der Waals surface area contributed by atoms with Crippen LogP contribution in [-0.2, 0) is 19.1 Å². The van der Waals surface area contributed by atoms with Crippen LogP contribution >= 0.6 is 0 Å². The van der Waals surface area contributed by atoms with Crippen LogP contribution in [0.2, 0.25) is 0 Å². The van der Waals surface area contributed by atoms with Gasteiger partial charge >= 0.3 is 5.97 Å². The first kappa shape index (κ1) is 19.4. The van der Waals surface area contributed by atoms with Gasteiger partial charge in [0.15, 0.2) is 0 Å². The summed E-state index contributed by atoms with van der Waals surface area (Å²) in [7, 11) is 1.24. The molecule has 2 amide bonds. The molecule has 0 saturated heterocycles. The first-order chi connectivity index (χ1) is 9.74. The lowest BCUT2D eigenvalue weighted by atomic mass is 9.97. The Labute approximate surface area is 126 Å². The number of methoxy groups -OCH3 is 1. The summed E-state index contributed by atoms with van der Waals surface area (Å²) in [5.41, 5.74) is 5.78. The molecule has 0 aromatic rings. The van der Waals surface area contributed by atoms with Gasteiger partial charge in [-0.05, 0) is 11.8 Å². The zero-order valence-electron chi connectivity index (χ0n) is 13.4. The highest BCUT2D eigenvalue weighted by Crippen LogP contribution is 2.09. The Morgan fingerprint density at radius 1 is 1.14 bits per heavy atom. The minimum Gasteiger partial charge on any atom is -0.468 e. The topological polar surface area (TPSA) is 111 Å². The predicted octanol–water partition coefficient (Wildman–Crippen LogP) is -0.210. The van der Waals surface area contributed by atoms with Gasteiger partial charge in [0.2, 0.25) is 11.8 Å². The monoisotopic (exact) mass is 301 g/mol. The zero-order chi connectivity index (χ0) is 16.6. The zero-order valence-corrected chi connectivity index (χ0v) is 13.4. The highest BCUT2D eigenvalue weighted by atomic mass is 16.5. The molecule has 0 aromatic carbocycles. The van der Waals surface area contributed by atoms with Crippen molar-refractivity contribution in [1.82, 2.24) is 10.6 Å². The third kappa shape index (κ3) is 6.57. The van der Waals surface area contributed by atoms with E-state index in [0.717, 1.165) is 0 Å². The Morgan fingerprint density at radius 2 is 1.71 bits per heavy atom. The molecule has 21 heavy (non-hydrogen) atoms. The number of ether oxygens (including phenoxy) is 1. The summed E-state index contributed by atoms with van der Waals surface area (Å²) in [6.07, 6.45) is 0.702. The molecule has 0 saturated carbocycles. The molecule has 0 aliphatic carbocycles. The van der Waals surface area contributed by atoms with E-state index in [-0.39, 0.29) is 24.3 Å². The summed E-state index contributed by atoms with van der Waals surface area (Å²) in [6, 6.07) is -1.40. The van der Waals surface area contributed by atoms with Crippen molar-refractivity contribution < 1.29 is 19.1 Å². The molecule has 3 atom stereocenters. The Hall–Kier alpha value is -1.63. The molecular weight excluding hydrogens is 274 g/mol. The van der Waals surface area contributed by atoms with Crippen molar-refractivity contribution in [2.24, 2.45) is 17.6 Å². The molecule has 0 aliphatic heterocycles. The predicted molar refractivity (Wildman–Crippen MR) is 79.2 cm³/mol. The van der Waals surface area contributed by atoms with Crippen LogP contribution in [0.5, 0.6) is 0 Å². The Bertz CT molecular complexity index is 371. The number of nitrogens with one attached hydrogen (secondary N) is 2. The standard InChI is InChI=1S/C14H27N3O4/c1-6-9(4)12(14(20)16-7-10(18)21-5)17-13(19)11(15)8(2)3/h8-9,11-12H,6-7,15H2,1-5H3,(H,16,20)(H,17,19). The largest absolute Gasteiger partial charge is 0.468 e. The van der Waals surface area contributed by atoms with E-state index < -0.39 is 24.0 Å². The molecule has 4 N–H and O–H groups in total. The first-order valence-corrected chi connectivity index (χ1v) is 7.15. The average Bonchev–Trinajstić information content (AvgIpc) is 2.47. The number of amides is 2. The lowest BCUT2D eigenvalue weighted by molar-refractivity contribution is -0.141. The van der Waals surface area contributed by atoms with Gasteiger partial charge in [0, 0.05) is 0 Å². The van der Waals surface area contributed by atoms with Crippen LogP contribution in [0.15, 0.2) is 0 Å². The molecule has 0 aromatic heterocycles. The smallest absolute Gasteiger partial charge is 0.325 e. The Morgan fingerprint density at radius 3 is 2.14 bits per heavy atom. The SMILES string of the molecule is CCC(C)C(NC(=O)C(N)C(C)C)C(=O)NCC(=O)OC. The normalized spacial score (nSPS) is 15.0. The van der Waals surface area contributed by atoms with Crippen molar-refractivity contribution >= 4 is 17.8 Å². The summed E-state index contributed by atoms with van der Waals surface area (Å²) < 4.78 is 4.46. The van der Waals surface area contributed by atoms with Gasteiger partial charge in [-0.15, -0.1) is 0 Å². The van der Waals surface area contributed by atoms with Crippen LogP contribution in [0, 0.1) is 11.8 Å². The maximum atomic E-state index is 12.1. The van der Waals surface area contributed by atoms with Gasteiger partial charge in [-0.1, -0.05) is 34.1 Å². The molecule has 122 valence electrons. The van der Waals surface area contributed by atoms with Crippen LogP contribution in [0.4, 0.5) is 0 Å². The van der Waals surface area contributed by atoms with Crippen molar-refractivity contribution in [2.45, 2.75) is 46.2 Å². The van der Waals surface area contributed by atoms with Crippen molar-refractivity contribution in [3.8, 4) is 0 Å². The number of carbonyl (C=O) groups excluding carboxylic acids is 3. The highest BCUT2D eigenvalue weighted by Gasteiger charge is 2.28. The second-order valence-electron chi connectivity index (χ2n) is 5.44. The number of nitrogens with two attached hydrogens (primary N) is 1. The Kier molecular flexibility index (Phi) is 8.61. The number of esters is 1. The van der Waals surface area contributed by atoms with E-state index in [9.17, 15) is 14.4 Å². The second-order valence-corrected chi connectivity index (χ2v) is 5.44. The summed E-state index contributed by atoms with van der Waals surface area (Å²) in [5, 5.41) is 5.12. The quantitative estimate of drug-likeness (QED) is 0.537. The van der Waals surface area contributed by atoms with E-state index in [1.807, 2.05) is 27.7 Å². The van der Waals surface area contributed by atoms with Crippen LogP contribution in [0.25, 0.3) is 0 Å². The van der Waals surface area contributed by atoms with Crippen LogP contribution in [0.1, 0.15) is 34.1 Å². The van der Waals surface area contributed by atoms with Gasteiger partial charge < -0.3 is 21.1 Å². The number of rotatable bonds is 8. The molecule has 0 aliphatic rings. The van der Waals surface area contributed by atoms with Crippen molar-refractivity contribution in [1.29, 1.82) is 0 Å². The molecule has 0 rings (SSSR count).